The van der Waals surface area contributed by atoms with Crippen molar-refractivity contribution in [2.45, 2.75) is 33.2 Å². The first-order valence-corrected chi connectivity index (χ1v) is 12.1. The van der Waals surface area contributed by atoms with E-state index in [-0.39, 0.29) is 12.5 Å². The smallest absolute Gasteiger partial charge is 0.244 e. The van der Waals surface area contributed by atoms with Gasteiger partial charge in [0, 0.05) is 13.1 Å². The Hall–Kier alpha value is -2.87. The molecular weight excluding hydrogens is 414 g/mol. The van der Waals surface area contributed by atoms with Crippen LogP contribution in [0.1, 0.15) is 25.0 Å². The van der Waals surface area contributed by atoms with E-state index in [9.17, 15) is 18.0 Å². The predicted octanol–water partition coefficient (Wildman–Crippen LogP) is 2.36. The van der Waals surface area contributed by atoms with Crippen molar-refractivity contribution in [3.05, 3.63) is 65.7 Å². The van der Waals surface area contributed by atoms with E-state index < -0.39 is 22.0 Å². The second kappa shape index (κ2) is 10.9. The van der Waals surface area contributed by atoms with Gasteiger partial charge in [-0.05, 0) is 50.5 Å². The lowest BCUT2D eigenvalue weighted by molar-refractivity contribution is -0.138. The molecule has 7 nitrogen and oxygen atoms in total. The van der Waals surface area contributed by atoms with E-state index in [0.717, 1.165) is 21.7 Å². The largest absolute Gasteiger partial charge is 0.355 e. The molecule has 1 atom stereocenters. The molecule has 0 saturated heterocycles. The van der Waals surface area contributed by atoms with Crippen molar-refractivity contribution in [3.63, 3.8) is 0 Å². The lowest BCUT2D eigenvalue weighted by Gasteiger charge is -2.31. The van der Waals surface area contributed by atoms with E-state index in [2.05, 4.69) is 5.32 Å². The van der Waals surface area contributed by atoms with Crippen LogP contribution in [0.3, 0.4) is 0 Å². The highest BCUT2D eigenvalue weighted by molar-refractivity contribution is 7.92. The number of hydrogen-bond donors (Lipinski definition) is 1. The van der Waals surface area contributed by atoms with Crippen LogP contribution in [0.15, 0.2) is 54.6 Å². The van der Waals surface area contributed by atoms with Gasteiger partial charge in [0.05, 0.1) is 11.9 Å². The van der Waals surface area contributed by atoms with Gasteiger partial charge < -0.3 is 10.2 Å². The van der Waals surface area contributed by atoms with Crippen LogP contribution >= 0.6 is 0 Å². The van der Waals surface area contributed by atoms with Crippen LogP contribution in [0.5, 0.6) is 0 Å². The molecule has 0 radical (unpaired) electrons. The molecule has 2 rings (SSSR count). The number of nitrogens with one attached hydrogen (secondary N) is 1. The number of amides is 2. The number of likely N-dealkylation sites (N-methyl/N-ethyl adjacent to an activating group) is 1. The van der Waals surface area contributed by atoms with Gasteiger partial charge in [0.15, 0.2) is 0 Å². The van der Waals surface area contributed by atoms with Crippen LogP contribution in [-0.4, -0.2) is 57.1 Å². The van der Waals surface area contributed by atoms with Crippen LogP contribution in [0.25, 0.3) is 0 Å². The van der Waals surface area contributed by atoms with Gasteiger partial charge >= 0.3 is 0 Å². The van der Waals surface area contributed by atoms with Crippen molar-refractivity contribution >= 4 is 27.5 Å². The summed E-state index contributed by atoms with van der Waals surface area (Å²) in [6.07, 6.45) is 1.63. The molecule has 0 heterocycles. The molecule has 31 heavy (non-hydrogen) atoms. The fraction of sp³-hybridized carbons (Fsp3) is 0.391. The highest BCUT2D eigenvalue weighted by Gasteiger charge is 2.29. The summed E-state index contributed by atoms with van der Waals surface area (Å²) >= 11 is 0. The Labute approximate surface area is 185 Å². The first-order chi connectivity index (χ1) is 14.6. The molecule has 2 amide bonds. The molecule has 0 aliphatic heterocycles. The second-order valence-corrected chi connectivity index (χ2v) is 9.41. The van der Waals surface area contributed by atoms with Crippen molar-refractivity contribution in [1.82, 2.24) is 10.2 Å². The predicted molar refractivity (Wildman–Crippen MR) is 123 cm³/mol. The van der Waals surface area contributed by atoms with E-state index in [1.165, 1.54) is 4.90 Å². The standard InChI is InChI=1S/C23H31N3O4S/c1-5-24-23(28)19(3)25(15-14-20-11-7-6-8-12-20)22(27)17-26(31(4,29)30)21-13-9-10-18(2)16-21/h6-13,16,19H,5,14-15,17H2,1-4H3,(H,24,28). The van der Waals surface area contributed by atoms with E-state index in [0.29, 0.717) is 25.2 Å². The van der Waals surface area contributed by atoms with Crippen LogP contribution in [0.2, 0.25) is 0 Å². The minimum atomic E-state index is -3.70. The number of hydrogen-bond acceptors (Lipinski definition) is 4. The maximum atomic E-state index is 13.3. The lowest BCUT2D eigenvalue weighted by atomic mass is 10.1. The van der Waals surface area contributed by atoms with Gasteiger partial charge in [-0.15, -0.1) is 0 Å². The molecule has 2 aromatic rings. The summed E-state index contributed by atoms with van der Waals surface area (Å²) in [5.74, 6) is -0.702. The number of nitrogens with zero attached hydrogens (tertiary/aromatic N) is 2. The molecular formula is C23H31N3O4S. The average Bonchev–Trinajstić information content (AvgIpc) is 2.72. The van der Waals surface area contributed by atoms with Gasteiger partial charge in [-0.1, -0.05) is 42.5 Å². The van der Waals surface area contributed by atoms with Crippen molar-refractivity contribution in [2.75, 3.05) is 30.2 Å². The average molecular weight is 446 g/mol. The number of anilines is 1. The Morgan fingerprint density at radius 2 is 1.74 bits per heavy atom. The highest BCUT2D eigenvalue weighted by Crippen LogP contribution is 2.19. The minimum Gasteiger partial charge on any atom is -0.355 e. The Morgan fingerprint density at radius 1 is 1.06 bits per heavy atom. The maximum absolute atomic E-state index is 13.3. The molecule has 0 aliphatic rings. The van der Waals surface area contributed by atoms with Crippen LogP contribution in [-0.2, 0) is 26.0 Å². The quantitative estimate of drug-likeness (QED) is 0.608. The number of sulfonamides is 1. The molecule has 0 saturated carbocycles. The third kappa shape index (κ3) is 7.10. The highest BCUT2D eigenvalue weighted by atomic mass is 32.2. The molecule has 0 aliphatic carbocycles. The van der Waals surface area contributed by atoms with Gasteiger partial charge in [0.1, 0.15) is 12.6 Å². The summed E-state index contributed by atoms with van der Waals surface area (Å²) < 4.78 is 26.0. The summed E-state index contributed by atoms with van der Waals surface area (Å²) in [4.78, 5) is 27.2. The normalized spacial score (nSPS) is 12.1. The zero-order valence-corrected chi connectivity index (χ0v) is 19.4. The van der Waals surface area contributed by atoms with Crippen LogP contribution in [0, 0.1) is 6.92 Å². The molecule has 0 fully saturated rings. The number of aryl methyl sites for hydroxylation is 1. The zero-order chi connectivity index (χ0) is 23.0. The summed E-state index contributed by atoms with van der Waals surface area (Å²) in [5.41, 5.74) is 2.33. The van der Waals surface area contributed by atoms with Gasteiger partial charge in [0.2, 0.25) is 21.8 Å². The first kappa shape index (κ1) is 24.4. The molecule has 0 bridgehead atoms. The summed E-state index contributed by atoms with van der Waals surface area (Å²) in [6.45, 7) is 5.69. The molecule has 2 aromatic carbocycles. The second-order valence-electron chi connectivity index (χ2n) is 7.50. The van der Waals surface area contributed by atoms with E-state index in [4.69, 9.17) is 0 Å². The van der Waals surface area contributed by atoms with Crippen LogP contribution in [0.4, 0.5) is 5.69 Å². The maximum Gasteiger partial charge on any atom is 0.244 e. The van der Waals surface area contributed by atoms with Crippen LogP contribution < -0.4 is 9.62 Å². The summed E-state index contributed by atoms with van der Waals surface area (Å²) in [5, 5.41) is 2.74. The summed E-state index contributed by atoms with van der Waals surface area (Å²) in [6, 6.07) is 15.9. The third-order valence-electron chi connectivity index (χ3n) is 4.97. The zero-order valence-electron chi connectivity index (χ0n) is 18.5. The molecule has 8 heteroatoms. The SMILES string of the molecule is CCNC(=O)C(C)N(CCc1ccccc1)C(=O)CN(c1cccc(C)c1)S(C)(=O)=O. The van der Waals surface area contributed by atoms with Crippen molar-refractivity contribution in [2.24, 2.45) is 0 Å². The molecule has 1 unspecified atom stereocenters. The van der Waals surface area contributed by atoms with Gasteiger partial charge in [-0.3, -0.25) is 13.9 Å². The number of carbonyl (C=O) groups excluding carboxylic acids is 2. The van der Waals surface area contributed by atoms with Gasteiger partial charge in [-0.25, -0.2) is 8.42 Å². The van der Waals surface area contributed by atoms with Crippen molar-refractivity contribution in [3.8, 4) is 0 Å². The van der Waals surface area contributed by atoms with Crippen molar-refractivity contribution < 1.29 is 18.0 Å². The summed E-state index contributed by atoms with van der Waals surface area (Å²) in [7, 11) is -3.70. The Balaban J connectivity index is 2.29. The Kier molecular flexibility index (Phi) is 8.62. The van der Waals surface area contributed by atoms with E-state index in [1.54, 1.807) is 25.1 Å². The van der Waals surface area contributed by atoms with Crippen molar-refractivity contribution in [1.29, 1.82) is 0 Å². The van der Waals surface area contributed by atoms with E-state index in [1.807, 2.05) is 50.2 Å². The number of benzene rings is 2. The number of carbonyl (C=O) groups is 2. The topological polar surface area (TPSA) is 86.8 Å². The van der Waals surface area contributed by atoms with E-state index >= 15 is 0 Å². The number of rotatable bonds is 10. The fourth-order valence-electron chi connectivity index (χ4n) is 3.29. The minimum absolute atomic E-state index is 0.273. The monoisotopic (exact) mass is 445 g/mol. The van der Waals surface area contributed by atoms with Gasteiger partial charge in [0.25, 0.3) is 0 Å². The molecule has 1 N–H and O–H groups in total. The molecule has 0 spiro atoms. The molecule has 168 valence electrons. The Morgan fingerprint density at radius 3 is 2.32 bits per heavy atom. The third-order valence-corrected chi connectivity index (χ3v) is 6.11. The van der Waals surface area contributed by atoms with Gasteiger partial charge in [-0.2, -0.15) is 0 Å². The molecule has 0 aromatic heterocycles. The first-order valence-electron chi connectivity index (χ1n) is 10.3. The Bertz CT molecular complexity index is 993. The lowest BCUT2D eigenvalue weighted by Crippen LogP contribution is -2.52. The fourth-order valence-corrected chi connectivity index (χ4v) is 4.13.